The van der Waals surface area contributed by atoms with Gasteiger partial charge in [0, 0.05) is 6.61 Å². The normalized spacial score (nSPS) is 18.5. The van der Waals surface area contributed by atoms with Gasteiger partial charge in [-0.05, 0) is 37.7 Å². The molecule has 1 saturated carbocycles. The summed E-state index contributed by atoms with van der Waals surface area (Å²) in [7, 11) is 0. The molecule has 0 saturated heterocycles. The molecule has 1 heteroatoms. The predicted molar refractivity (Wildman–Crippen MR) is 72.2 cm³/mol. The van der Waals surface area contributed by atoms with Crippen molar-refractivity contribution in [3.8, 4) is 0 Å². The third-order valence-electron chi connectivity index (χ3n) is 4.08. The highest BCUT2D eigenvalue weighted by molar-refractivity contribution is 5.28. The zero-order chi connectivity index (χ0) is 12.3. The molecule has 0 bridgehead atoms. The lowest BCUT2D eigenvalue weighted by molar-refractivity contribution is 0.175. The summed E-state index contributed by atoms with van der Waals surface area (Å²) in [5.74, 6) is 1.22. The third-order valence-corrected chi connectivity index (χ3v) is 4.08. The fourth-order valence-corrected chi connectivity index (χ4v) is 3.30. The summed E-state index contributed by atoms with van der Waals surface area (Å²) in [6, 6.07) is 6.75. The number of benzene rings is 1. The van der Waals surface area contributed by atoms with Crippen molar-refractivity contribution in [2.45, 2.75) is 46.0 Å². The van der Waals surface area contributed by atoms with Gasteiger partial charge in [0.05, 0.1) is 0 Å². The molecule has 0 amide bonds. The maximum absolute atomic E-state index is 9.59. The molecule has 1 atom stereocenters. The summed E-state index contributed by atoms with van der Waals surface area (Å²) in [4.78, 5) is 0. The van der Waals surface area contributed by atoms with Gasteiger partial charge >= 0.3 is 0 Å². The molecule has 1 N–H and O–H groups in total. The van der Waals surface area contributed by atoms with Crippen LogP contribution in [-0.4, -0.2) is 11.7 Å². The highest BCUT2D eigenvalue weighted by Crippen LogP contribution is 2.33. The number of aryl methyl sites for hydroxylation is 2. The Morgan fingerprint density at radius 2 is 1.71 bits per heavy atom. The van der Waals surface area contributed by atoms with Gasteiger partial charge in [-0.15, -0.1) is 0 Å². The average molecular weight is 232 g/mol. The molecular formula is C16H24O. The summed E-state index contributed by atoms with van der Waals surface area (Å²) in [6.45, 7) is 4.65. The van der Waals surface area contributed by atoms with Crippen LogP contribution in [0, 0.1) is 25.7 Å². The Hall–Kier alpha value is -0.820. The molecule has 1 aromatic carbocycles. The minimum absolute atomic E-state index is 0.345. The molecule has 0 heterocycles. The van der Waals surface area contributed by atoms with E-state index in [2.05, 4.69) is 32.0 Å². The van der Waals surface area contributed by atoms with Crippen LogP contribution in [0.5, 0.6) is 0 Å². The van der Waals surface area contributed by atoms with Gasteiger partial charge in [-0.3, -0.25) is 0 Å². The quantitative estimate of drug-likeness (QED) is 0.840. The monoisotopic (exact) mass is 232 g/mol. The number of aliphatic hydroxyl groups excluding tert-OH is 1. The van der Waals surface area contributed by atoms with Gasteiger partial charge in [0.2, 0.25) is 0 Å². The fraction of sp³-hybridized carbons (Fsp3) is 0.625. The molecule has 94 valence electrons. The lowest BCUT2D eigenvalue weighted by Crippen LogP contribution is -2.18. The molecule has 1 nitrogen and oxygen atoms in total. The molecule has 0 aromatic heterocycles. The van der Waals surface area contributed by atoms with Gasteiger partial charge in [-0.1, -0.05) is 55.0 Å². The first-order valence-electron chi connectivity index (χ1n) is 6.87. The predicted octanol–water partition coefficient (Wildman–Crippen LogP) is 3.64. The van der Waals surface area contributed by atoms with Gasteiger partial charge in [0.1, 0.15) is 0 Å². The van der Waals surface area contributed by atoms with Crippen molar-refractivity contribution in [2.24, 2.45) is 11.8 Å². The van der Waals surface area contributed by atoms with Crippen LogP contribution in [0.3, 0.4) is 0 Å². The van der Waals surface area contributed by atoms with Gasteiger partial charge < -0.3 is 5.11 Å². The van der Waals surface area contributed by atoms with Gasteiger partial charge in [-0.25, -0.2) is 0 Å². The van der Waals surface area contributed by atoms with Crippen LogP contribution in [0.4, 0.5) is 0 Å². The second kappa shape index (κ2) is 5.68. The minimum Gasteiger partial charge on any atom is -0.396 e. The first-order chi connectivity index (χ1) is 8.19. The molecule has 0 aliphatic heterocycles. The Morgan fingerprint density at radius 3 is 2.24 bits per heavy atom. The van der Waals surface area contributed by atoms with E-state index < -0.39 is 0 Å². The van der Waals surface area contributed by atoms with Crippen LogP contribution in [0.25, 0.3) is 0 Å². The van der Waals surface area contributed by atoms with E-state index >= 15 is 0 Å². The minimum atomic E-state index is 0.345. The molecule has 0 radical (unpaired) electrons. The van der Waals surface area contributed by atoms with Crippen molar-refractivity contribution in [3.05, 3.63) is 34.9 Å². The topological polar surface area (TPSA) is 20.2 Å². The molecule has 1 unspecified atom stereocenters. The van der Waals surface area contributed by atoms with Crippen LogP contribution in [0.15, 0.2) is 18.2 Å². The van der Waals surface area contributed by atoms with E-state index in [0.29, 0.717) is 12.5 Å². The number of hydrogen-bond donors (Lipinski definition) is 1. The molecule has 1 aliphatic carbocycles. The van der Waals surface area contributed by atoms with Crippen LogP contribution in [-0.2, 0) is 6.42 Å². The Labute approximate surface area is 105 Å². The van der Waals surface area contributed by atoms with Crippen LogP contribution < -0.4 is 0 Å². The van der Waals surface area contributed by atoms with Crippen LogP contribution in [0.1, 0.15) is 42.4 Å². The zero-order valence-electron chi connectivity index (χ0n) is 11.1. The molecule has 2 rings (SSSR count). The van der Waals surface area contributed by atoms with E-state index in [-0.39, 0.29) is 0 Å². The fourth-order valence-electron chi connectivity index (χ4n) is 3.30. The Morgan fingerprint density at radius 1 is 1.12 bits per heavy atom. The van der Waals surface area contributed by atoms with Crippen molar-refractivity contribution in [1.29, 1.82) is 0 Å². The molecule has 17 heavy (non-hydrogen) atoms. The van der Waals surface area contributed by atoms with Crippen molar-refractivity contribution in [2.75, 3.05) is 6.61 Å². The highest BCUT2D eigenvalue weighted by atomic mass is 16.3. The van der Waals surface area contributed by atoms with Crippen molar-refractivity contribution in [3.63, 3.8) is 0 Å². The molecule has 1 aromatic rings. The lowest BCUT2D eigenvalue weighted by atomic mass is 9.85. The van der Waals surface area contributed by atoms with E-state index in [4.69, 9.17) is 0 Å². The van der Waals surface area contributed by atoms with E-state index in [9.17, 15) is 5.11 Å². The van der Waals surface area contributed by atoms with E-state index in [0.717, 1.165) is 12.3 Å². The Bertz CT molecular complexity index is 344. The largest absolute Gasteiger partial charge is 0.396 e. The number of rotatable bonds is 4. The van der Waals surface area contributed by atoms with Gasteiger partial charge in [-0.2, -0.15) is 0 Å². The summed E-state index contributed by atoms with van der Waals surface area (Å²) in [5, 5.41) is 9.59. The van der Waals surface area contributed by atoms with E-state index in [1.807, 2.05) is 0 Å². The zero-order valence-corrected chi connectivity index (χ0v) is 11.1. The first kappa shape index (κ1) is 12.6. The lowest BCUT2D eigenvalue weighted by Gasteiger charge is -2.21. The Kier molecular flexibility index (Phi) is 4.22. The third kappa shape index (κ3) is 3.32. The number of hydrogen-bond acceptors (Lipinski definition) is 1. The highest BCUT2D eigenvalue weighted by Gasteiger charge is 2.24. The maximum Gasteiger partial charge on any atom is 0.0465 e. The Balaban J connectivity index is 2.06. The second-order valence-electron chi connectivity index (χ2n) is 5.69. The summed E-state index contributed by atoms with van der Waals surface area (Å²) in [6.07, 6.45) is 6.39. The average Bonchev–Trinajstić information content (AvgIpc) is 2.77. The molecule has 0 spiro atoms. The van der Waals surface area contributed by atoms with Crippen molar-refractivity contribution < 1.29 is 5.11 Å². The molecule has 1 aliphatic rings. The molecular weight excluding hydrogens is 208 g/mol. The molecule has 1 fully saturated rings. The summed E-state index contributed by atoms with van der Waals surface area (Å²) in [5.41, 5.74) is 4.07. The second-order valence-corrected chi connectivity index (χ2v) is 5.69. The van der Waals surface area contributed by atoms with Gasteiger partial charge in [0.25, 0.3) is 0 Å². The smallest absolute Gasteiger partial charge is 0.0465 e. The van der Waals surface area contributed by atoms with Crippen molar-refractivity contribution in [1.82, 2.24) is 0 Å². The SMILES string of the molecule is Cc1cc(C)cc(CC(CO)C2CCCC2)c1. The van der Waals surface area contributed by atoms with Gasteiger partial charge in [0.15, 0.2) is 0 Å². The van der Waals surface area contributed by atoms with E-state index in [1.165, 1.54) is 42.4 Å². The standard InChI is InChI=1S/C16H24O/c1-12-7-13(2)9-14(8-12)10-16(11-17)15-5-3-4-6-15/h7-9,15-17H,3-6,10-11H2,1-2H3. The van der Waals surface area contributed by atoms with Crippen molar-refractivity contribution >= 4 is 0 Å². The maximum atomic E-state index is 9.59. The number of aliphatic hydroxyl groups is 1. The summed E-state index contributed by atoms with van der Waals surface area (Å²) >= 11 is 0. The van der Waals surface area contributed by atoms with Crippen LogP contribution >= 0.6 is 0 Å². The van der Waals surface area contributed by atoms with E-state index in [1.54, 1.807) is 0 Å². The first-order valence-corrected chi connectivity index (χ1v) is 6.87. The van der Waals surface area contributed by atoms with Crippen LogP contribution in [0.2, 0.25) is 0 Å². The summed E-state index contributed by atoms with van der Waals surface area (Å²) < 4.78 is 0.